The number of aromatic nitrogens is 1. The highest BCUT2D eigenvalue weighted by molar-refractivity contribution is 7.15. The Kier molecular flexibility index (Phi) is 4.50. The molecule has 0 saturated heterocycles. The van der Waals surface area contributed by atoms with E-state index in [-0.39, 0.29) is 5.82 Å². The molecule has 0 atom stereocenters. The Morgan fingerprint density at radius 2 is 2.16 bits per heavy atom. The standard InChI is InChI=1S/C14H18FN3S/c1-10(2)18(9-13-7-17-14(16)19-13)8-11-4-3-5-12(15)6-11/h3-7,10H,8-9H2,1-2H3,(H2,16,17). The van der Waals surface area contributed by atoms with Crippen LogP contribution in [0.1, 0.15) is 24.3 Å². The van der Waals surface area contributed by atoms with Gasteiger partial charge in [-0.25, -0.2) is 9.37 Å². The van der Waals surface area contributed by atoms with Crippen LogP contribution < -0.4 is 5.73 Å². The van der Waals surface area contributed by atoms with Crippen molar-refractivity contribution in [2.24, 2.45) is 0 Å². The first-order valence-electron chi connectivity index (χ1n) is 6.23. The van der Waals surface area contributed by atoms with Gasteiger partial charge in [-0.3, -0.25) is 4.90 Å². The van der Waals surface area contributed by atoms with Crippen molar-refractivity contribution < 1.29 is 4.39 Å². The maximum absolute atomic E-state index is 13.2. The van der Waals surface area contributed by atoms with Crippen molar-refractivity contribution in [1.29, 1.82) is 0 Å². The number of rotatable bonds is 5. The Labute approximate surface area is 116 Å². The number of hydrogen-bond donors (Lipinski definition) is 1. The van der Waals surface area contributed by atoms with Crippen molar-refractivity contribution in [3.05, 3.63) is 46.7 Å². The molecule has 19 heavy (non-hydrogen) atoms. The molecule has 0 unspecified atom stereocenters. The van der Waals surface area contributed by atoms with E-state index in [1.165, 1.54) is 17.4 Å². The van der Waals surface area contributed by atoms with Crippen LogP contribution in [0.4, 0.5) is 9.52 Å². The van der Waals surface area contributed by atoms with E-state index in [9.17, 15) is 4.39 Å². The molecule has 0 saturated carbocycles. The van der Waals surface area contributed by atoms with Crippen LogP contribution in [0.25, 0.3) is 0 Å². The van der Waals surface area contributed by atoms with E-state index in [0.29, 0.717) is 17.7 Å². The van der Waals surface area contributed by atoms with E-state index in [4.69, 9.17) is 5.73 Å². The minimum atomic E-state index is -0.191. The van der Waals surface area contributed by atoms with Crippen LogP contribution in [0.15, 0.2) is 30.5 Å². The van der Waals surface area contributed by atoms with Gasteiger partial charge in [-0.2, -0.15) is 0 Å². The average Bonchev–Trinajstić information content (AvgIpc) is 2.74. The molecule has 0 spiro atoms. The number of anilines is 1. The fraction of sp³-hybridized carbons (Fsp3) is 0.357. The third-order valence-corrected chi connectivity index (χ3v) is 3.75. The molecule has 0 fully saturated rings. The zero-order valence-electron chi connectivity index (χ0n) is 11.1. The van der Waals surface area contributed by atoms with Crippen LogP contribution in [0.3, 0.4) is 0 Å². The lowest BCUT2D eigenvalue weighted by Crippen LogP contribution is -2.29. The lowest BCUT2D eigenvalue weighted by molar-refractivity contribution is 0.205. The van der Waals surface area contributed by atoms with Gasteiger partial charge < -0.3 is 5.73 Å². The summed E-state index contributed by atoms with van der Waals surface area (Å²) in [7, 11) is 0. The molecule has 0 aliphatic carbocycles. The lowest BCUT2D eigenvalue weighted by Gasteiger charge is -2.25. The van der Waals surface area contributed by atoms with Gasteiger partial charge in [-0.15, -0.1) is 11.3 Å². The molecule has 0 radical (unpaired) electrons. The summed E-state index contributed by atoms with van der Waals surface area (Å²) < 4.78 is 13.2. The molecule has 102 valence electrons. The highest BCUT2D eigenvalue weighted by Crippen LogP contribution is 2.19. The van der Waals surface area contributed by atoms with E-state index < -0.39 is 0 Å². The SMILES string of the molecule is CC(C)N(Cc1cccc(F)c1)Cc1cnc(N)s1. The maximum atomic E-state index is 13.2. The topological polar surface area (TPSA) is 42.2 Å². The predicted octanol–water partition coefficient (Wildman–Crippen LogP) is 3.28. The zero-order valence-corrected chi connectivity index (χ0v) is 12.0. The molecule has 2 N–H and O–H groups in total. The molecule has 0 amide bonds. The van der Waals surface area contributed by atoms with Gasteiger partial charge in [0.25, 0.3) is 0 Å². The molecule has 1 heterocycles. The van der Waals surface area contributed by atoms with E-state index in [2.05, 4.69) is 23.7 Å². The molecule has 1 aromatic heterocycles. The quantitative estimate of drug-likeness (QED) is 0.913. The third-order valence-electron chi connectivity index (χ3n) is 2.94. The van der Waals surface area contributed by atoms with Crippen LogP contribution in [0, 0.1) is 5.82 Å². The van der Waals surface area contributed by atoms with Gasteiger partial charge >= 0.3 is 0 Å². The van der Waals surface area contributed by atoms with Crippen molar-refractivity contribution >= 4 is 16.5 Å². The van der Waals surface area contributed by atoms with Gasteiger partial charge in [0.15, 0.2) is 5.13 Å². The van der Waals surface area contributed by atoms with E-state index in [1.807, 2.05) is 6.07 Å². The fourth-order valence-electron chi connectivity index (χ4n) is 1.89. The zero-order chi connectivity index (χ0) is 13.8. The Hall–Kier alpha value is -1.46. The lowest BCUT2D eigenvalue weighted by atomic mass is 10.2. The number of nitrogens with zero attached hydrogens (tertiary/aromatic N) is 2. The molecule has 2 rings (SSSR count). The van der Waals surface area contributed by atoms with Gasteiger partial charge in [0, 0.05) is 30.2 Å². The Bertz CT molecular complexity index is 539. The van der Waals surface area contributed by atoms with Crippen molar-refractivity contribution in [2.75, 3.05) is 5.73 Å². The number of benzene rings is 1. The van der Waals surface area contributed by atoms with E-state index >= 15 is 0 Å². The highest BCUT2D eigenvalue weighted by atomic mass is 32.1. The summed E-state index contributed by atoms with van der Waals surface area (Å²) >= 11 is 1.50. The van der Waals surface area contributed by atoms with Gasteiger partial charge in [-0.1, -0.05) is 12.1 Å². The number of nitrogens with two attached hydrogens (primary N) is 1. The minimum Gasteiger partial charge on any atom is -0.375 e. The Morgan fingerprint density at radius 3 is 2.74 bits per heavy atom. The summed E-state index contributed by atoms with van der Waals surface area (Å²) in [5.74, 6) is -0.191. The van der Waals surface area contributed by atoms with Crippen molar-refractivity contribution in [3.63, 3.8) is 0 Å². The second-order valence-electron chi connectivity index (χ2n) is 4.79. The second kappa shape index (κ2) is 6.12. The maximum Gasteiger partial charge on any atom is 0.180 e. The normalized spacial score (nSPS) is 11.4. The minimum absolute atomic E-state index is 0.191. The van der Waals surface area contributed by atoms with Crippen LogP contribution in [0.2, 0.25) is 0 Å². The highest BCUT2D eigenvalue weighted by Gasteiger charge is 2.12. The van der Waals surface area contributed by atoms with Crippen molar-refractivity contribution in [2.45, 2.75) is 33.0 Å². The van der Waals surface area contributed by atoms with Crippen LogP contribution in [0.5, 0.6) is 0 Å². The Morgan fingerprint density at radius 1 is 1.37 bits per heavy atom. The molecular weight excluding hydrogens is 261 g/mol. The van der Waals surface area contributed by atoms with Crippen LogP contribution in [-0.4, -0.2) is 15.9 Å². The monoisotopic (exact) mass is 279 g/mol. The summed E-state index contributed by atoms with van der Waals surface area (Å²) in [5, 5.41) is 0.587. The summed E-state index contributed by atoms with van der Waals surface area (Å²) in [6, 6.07) is 7.10. The first-order valence-corrected chi connectivity index (χ1v) is 7.05. The van der Waals surface area contributed by atoms with E-state index in [0.717, 1.165) is 17.0 Å². The number of thiazole rings is 1. The van der Waals surface area contributed by atoms with Gasteiger partial charge in [0.1, 0.15) is 5.82 Å². The summed E-state index contributed by atoms with van der Waals surface area (Å²) in [4.78, 5) is 7.45. The molecular formula is C14H18FN3S. The Balaban J connectivity index is 2.08. The largest absolute Gasteiger partial charge is 0.375 e. The molecule has 3 nitrogen and oxygen atoms in total. The molecule has 0 bridgehead atoms. The third kappa shape index (κ3) is 4.01. The first-order chi connectivity index (χ1) is 9.04. The molecule has 5 heteroatoms. The van der Waals surface area contributed by atoms with Crippen molar-refractivity contribution in [3.8, 4) is 0 Å². The molecule has 0 aliphatic rings. The summed E-state index contributed by atoms with van der Waals surface area (Å²) in [5.41, 5.74) is 6.62. The number of halogens is 1. The smallest absolute Gasteiger partial charge is 0.180 e. The first kappa shape index (κ1) is 14.0. The van der Waals surface area contributed by atoms with Gasteiger partial charge in [0.2, 0.25) is 0 Å². The summed E-state index contributed by atoms with van der Waals surface area (Å²) in [6.45, 7) is 5.75. The number of hydrogen-bond acceptors (Lipinski definition) is 4. The van der Waals surface area contributed by atoms with E-state index in [1.54, 1.807) is 18.3 Å². The van der Waals surface area contributed by atoms with Gasteiger partial charge in [0.05, 0.1) is 0 Å². The number of nitrogen functional groups attached to an aromatic ring is 1. The summed E-state index contributed by atoms with van der Waals surface area (Å²) in [6.07, 6.45) is 1.81. The second-order valence-corrected chi connectivity index (χ2v) is 5.94. The van der Waals surface area contributed by atoms with Crippen LogP contribution in [-0.2, 0) is 13.1 Å². The molecule has 2 aromatic rings. The molecule has 0 aliphatic heterocycles. The molecule has 1 aromatic carbocycles. The van der Waals surface area contributed by atoms with Crippen molar-refractivity contribution in [1.82, 2.24) is 9.88 Å². The van der Waals surface area contributed by atoms with Gasteiger partial charge in [-0.05, 0) is 31.5 Å². The fourth-order valence-corrected chi connectivity index (χ4v) is 2.60. The average molecular weight is 279 g/mol. The predicted molar refractivity (Wildman–Crippen MR) is 77.3 cm³/mol. The van der Waals surface area contributed by atoms with Crippen LogP contribution >= 0.6 is 11.3 Å².